The van der Waals surface area contributed by atoms with Crippen molar-refractivity contribution in [2.45, 2.75) is 6.92 Å². The number of quaternary nitrogens is 1. The van der Waals surface area contributed by atoms with E-state index in [4.69, 9.17) is 22.1 Å². The molecule has 2 aromatic rings. The molecule has 3 rings (SSSR count). The molecule has 0 fully saturated rings. The molecule has 142 valence electrons. The molecule has 0 saturated carbocycles. The van der Waals surface area contributed by atoms with E-state index in [1.54, 1.807) is 31.3 Å². The lowest BCUT2D eigenvalue weighted by molar-refractivity contribution is 0.481. The van der Waals surface area contributed by atoms with Gasteiger partial charge in [0.25, 0.3) is 0 Å². The van der Waals surface area contributed by atoms with Crippen molar-refractivity contribution in [2.75, 3.05) is 18.8 Å². The minimum absolute atomic E-state index is 0.00488. The molecule has 1 heterocycles. The van der Waals surface area contributed by atoms with Gasteiger partial charge in [0, 0.05) is 24.3 Å². The zero-order chi connectivity index (χ0) is 19.5. The fourth-order valence-corrected chi connectivity index (χ4v) is 4.75. The van der Waals surface area contributed by atoms with Crippen molar-refractivity contribution >= 4 is 27.3 Å². The summed E-state index contributed by atoms with van der Waals surface area (Å²) in [6, 6.07) is 14.4. The second-order valence-electron chi connectivity index (χ2n) is 6.19. The summed E-state index contributed by atoms with van der Waals surface area (Å²) in [5, 5.41) is 0.345. The van der Waals surface area contributed by atoms with Crippen LogP contribution in [0.3, 0.4) is 0 Å². The highest BCUT2D eigenvalue weighted by molar-refractivity contribution is 7.91. The molecule has 2 N–H and O–H groups in total. The molecule has 0 saturated heterocycles. The molecule has 1 atom stereocenters. The number of para-hydroxylation sites is 1. The van der Waals surface area contributed by atoms with Crippen LogP contribution in [0.5, 0.6) is 11.5 Å². The Morgan fingerprint density at radius 2 is 1.93 bits per heavy atom. The SMILES string of the molecule is CCS(=O)(=O)[N+]1(c2ccc(Oc3ccccc3)c(Cl)c2)C=C(CN)C=CC1. The first-order chi connectivity index (χ1) is 12.9. The number of hydrogen-bond acceptors (Lipinski definition) is 4. The van der Waals surface area contributed by atoms with E-state index in [2.05, 4.69) is 0 Å². The van der Waals surface area contributed by atoms with Crippen LogP contribution >= 0.6 is 11.6 Å². The normalized spacial score (nSPS) is 19.6. The number of rotatable bonds is 6. The quantitative estimate of drug-likeness (QED) is 0.731. The summed E-state index contributed by atoms with van der Waals surface area (Å²) < 4.78 is 31.5. The van der Waals surface area contributed by atoms with Crippen LogP contribution < -0.4 is 14.4 Å². The van der Waals surface area contributed by atoms with Crippen LogP contribution in [-0.4, -0.2) is 27.3 Å². The summed E-state index contributed by atoms with van der Waals surface area (Å²) in [5.74, 6) is 1.12. The van der Waals surface area contributed by atoms with Crippen molar-refractivity contribution < 1.29 is 13.2 Å². The van der Waals surface area contributed by atoms with Gasteiger partial charge < -0.3 is 10.5 Å². The monoisotopic (exact) mass is 405 g/mol. The Morgan fingerprint density at radius 1 is 1.19 bits per heavy atom. The summed E-state index contributed by atoms with van der Waals surface area (Å²) in [6.07, 6.45) is 5.39. The molecular formula is C20H22ClN2O3S+. The maximum Gasteiger partial charge on any atom is 0.306 e. The van der Waals surface area contributed by atoms with Crippen molar-refractivity contribution in [1.29, 1.82) is 0 Å². The summed E-state index contributed by atoms with van der Waals surface area (Å²) in [7, 11) is -3.51. The molecule has 0 bridgehead atoms. The van der Waals surface area contributed by atoms with Crippen molar-refractivity contribution in [3.63, 3.8) is 0 Å². The van der Waals surface area contributed by atoms with E-state index in [9.17, 15) is 8.42 Å². The number of benzene rings is 2. The first kappa shape index (κ1) is 19.6. The van der Waals surface area contributed by atoms with Crippen molar-refractivity contribution in [3.05, 3.63) is 77.5 Å². The van der Waals surface area contributed by atoms with Gasteiger partial charge in [0.15, 0.2) is 5.69 Å². The highest BCUT2D eigenvalue weighted by Crippen LogP contribution is 2.38. The molecule has 1 unspecified atom stereocenters. The third-order valence-electron chi connectivity index (χ3n) is 4.50. The summed E-state index contributed by atoms with van der Waals surface area (Å²) in [6.45, 7) is 2.19. The average Bonchev–Trinajstić information content (AvgIpc) is 2.70. The van der Waals surface area contributed by atoms with Gasteiger partial charge in [-0.15, -0.1) is 0 Å². The first-order valence-corrected chi connectivity index (χ1v) is 10.6. The van der Waals surface area contributed by atoms with E-state index >= 15 is 0 Å². The fraction of sp³-hybridized carbons (Fsp3) is 0.200. The van der Waals surface area contributed by atoms with Crippen LogP contribution in [0.25, 0.3) is 0 Å². The van der Waals surface area contributed by atoms with Gasteiger partial charge in [0.1, 0.15) is 24.2 Å². The Morgan fingerprint density at radius 3 is 2.56 bits per heavy atom. The van der Waals surface area contributed by atoms with Crippen molar-refractivity contribution in [3.8, 4) is 11.5 Å². The summed E-state index contributed by atoms with van der Waals surface area (Å²) in [4.78, 5) is 0. The second kappa shape index (κ2) is 7.86. The van der Waals surface area contributed by atoms with Gasteiger partial charge in [0.2, 0.25) is 0 Å². The van der Waals surface area contributed by atoms with E-state index < -0.39 is 10.0 Å². The molecule has 0 aromatic heterocycles. The minimum atomic E-state index is -3.51. The molecule has 0 aliphatic carbocycles. The average molecular weight is 406 g/mol. The molecule has 0 spiro atoms. The molecular weight excluding hydrogens is 384 g/mol. The number of hydrogen-bond donors (Lipinski definition) is 1. The van der Waals surface area contributed by atoms with Crippen LogP contribution in [0.15, 0.2) is 72.5 Å². The number of sulfonamides is 1. The van der Waals surface area contributed by atoms with Crippen molar-refractivity contribution in [1.82, 2.24) is 3.89 Å². The molecule has 1 aliphatic heterocycles. The van der Waals surface area contributed by atoms with Gasteiger partial charge in [-0.1, -0.05) is 35.9 Å². The highest BCUT2D eigenvalue weighted by Gasteiger charge is 2.42. The van der Waals surface area contributed by atoms with Crippen LogP contribution in [0.4, 0.5) is 5.69 Å². The molecule has 5 nitrogen and oxygen atoms in total. The predicted octanol–water partition coefficient (Wildman–Crippen LogP) is 4.20. The highest BCUT2D eigenvalue weighted by atomic mass is 35.5. The van der Waals surface area contributed by atoms with Gasteiger partial charge in [-0.25, -0.2) is 0 Å². The molecule has 0 amide bonds. The lowest BCUT2D eigenvalue weighted by Crippen LogP contribution is -2.51. The fourth-order valence-electron chi connectivity index (χ4n) is 3.03. The standard InChI is InChI=1S/C20H22ClN2O3S/c1-2-27(24,25)23(12-6-7-16(14-22)15-23)17-10-11-20(19(21)13-17)26-18-8-4-3-5-9-18/h3-11,13,15H,2,12,14,22H2,1H3/q+1. The smallest absolute Gasteiger partial charge is 0.306 e. The number of nitrogens with zero attached hydrogens (tertiary/aromatic N) is 1. The maximum atomic E-state index is 13.0. The number of halogens is 1. The van der Waals surface area contributed by atoms with E-state index in [1.807, 2.05) is 42.5 Å². The third-order valence-corrected chi connectivity index (χ3v) is 6.99. The topological polar surface area (TPSA) is 69.4 Å². The Balaban J connectivity index is 2.06. The van der Waals surface area contributed by atoms with Gasteiger partial charge >= 0.3 is 10.0 Å². The first-order valence-electron chi connectivity index (χ1n) is 8.64. The zero-order valence-corrected chi connectivity index (χ0v) is 16.6. The van der Waals surface area contributed by atoms with Crippen molar-refractivity contribution in [2.24, 2.45) is 5.73 Å². The lowest BCUT2D eigenvalue weighted by Gasteiger charge is -2.34. The van der Waals surface area contributed by atoms with E-state index in [-0.39, 0.29) is 22.7 Å². The van der Waals surface area contributed by atoms with E-state index in [0.29, 0.717) is 22.2 Å². The molecule has 2 aromatic carbocycles. The molecule has 7 heteroatoms. The molecule has 27 heavy (non-hydrogen) atoms. The van der Waals surface area contributed by atoms with Crippen LogP contribution in [0, 0.1) is 0 Å². The van der Waals surface area contributed by atoms with Gasteiger partial charge in [0.05, 0.1) is 10.8 Å². The second-order valence-corrected chi connectivity index (χ2v) is 8.99. The van der Waals surface area contributed by atoms with E-state index in [1.165, 1.54) is 0 Å². The van der Waals surface area contributed by atoms with Crippen LogP contribution in [0.2, 0.25) is 5.02 Å². The Hall–Kier alpha value is -2.12. The van der Waals surface area contributed by atoms with Gasteiger partial charge in [-0.3, -0.25) is 0 Å². The lowest BCUT2D eigenvalue weighted by atomic mass is 10.2. The number of nitrogens with two attached hydrogens (primary N) is 1. The van der Waals surface area contributed by atoms with E-state index in [0.717, 1.165) is 5.57 Å². The predicted molar refractivity (Wildman–Crippen MR) is 110 cm³/mol. The van der Waals surface area contributed by atoms with Crippen LogP contribution in [-0.2, 0) is 10.0 Å². The van der Waals surface area contributed by atoms with Gasteiger partial charge in [-0.05, 0) is 31.2 Å². The largest absolute Gasteiger partial charge is 0.456 e. The van der Waals surface area contributed by atoms with Gasteiger partial charge in [-0.2, -0.15) is 12.3 Å². The Kier molecular flexibility index (Phi) is 5.72. The Bertz CT molecular complexity index is 988. The zero-order valence-electron chi connectivity index (χ0n) is 15.0. The third kappa shape index (κ3) is 3.80. The molecule has 1 aliphatic rings. The Labute approximate surface area is 165 Å². The summed E-state index contributed by atoms with van der Waals surface area (Å²) in [5.41, 5.74) is 7.07. The van der Waals surface area contributed by atoms with Crippen LogP contribution in [0.1, 0.15) is 6.92 Å². The minimum Gasteiger partial charge on any atom is -0.456 e. The maximum absolute atomic E-state index is 13.0. The summed E-state index contributed by atoms with van der Waals surface area (Å²) >= 11 is 6.43. The number of ether oxygens (including phenoxy) is 1. The molecule has 0 radical (unpaired) electrons.